The average molecular weight is 373 g/mol. The second kappa shape index (κ2) is 8.72. The molecule has 1 aromatic rings. The van der Waals surface area contributed by atoms with Crippen molar-refractivity contribution in [3.63, 3.8) is 0 Å². The van der Waals surface area contributed by atoms with Gasteiger partial charge in [0.15, 0.2) is 0 Å². The third-order valence-corrected chi connectivity index (χ3v) is 5.69. The van der Waals surface area contributed by atoms with Crippen molar-refractivity contribution in [1.29, 1.82) is 0 Å². The summed E-state index contributed by atoms with van der Waals surface area (Å²) in [7, 11) is -3.47. The Balaban J connectivity index is 1.96. The van der Waals surface area contributed by atoms with Crippen LogP contribution in [-0.4, -0.2) is 33.2 Å². The molecule has 24 heavy (non-hydrogen) atoms. The maximum atomic E-state index is 12.2. The van der Waals surface area contributed by atoms with Crippen LogP contribution >= 0.6 is 11.6 Å². The van der Waals surface area contributed by atoms with Gasteiger partial charge in [-0.3, -0.25) is 9.10 Å². The summed E-state index contributed by atoms with van der Waals surface area (Å²) < 4.78 is 25.3. The van der Waals surface area contributed by atoms with Gasteiger partial charge in [0.1, 0.15) is 0 Å². The number of rotatable bonds is 6. The van der Waals surface area contributed by atoms with Crippen molar-refractivity contribution in [3.8, 4) is 0 Å². The Hall–Kier alpha value is -1.27. The molecule has 1 saturated carbocycles. The zero-order valence-corrected chi connectivity index (χ0v) is 15.6. The Bertz CT molecular complexity index is 656. The van der Waals surface area contributed by atoms with Crippen LogP contribution in [-0.2, 0) is 14.8 Å². The van der Waals surface area contributed by atoms with Crippen molar-refractivity contribution in [2.75, 3.05) is 17.1 Å². The Labute approximate surface area is 149 Å². The maximum Gasteiger partial charge on any atom is 0.232 e. The molecule has 2 rings (SSSR count). The smallest absolute Gasteiger partial charge is 0.232 e. The molecular formula is C17H25ClN2O3S. The van der Waals surface area contributed by atoms with Gasteiger partial charge in [0.25, 0.3) is 0 Å². The molecule has 1 aliphatic carbocycles. The second-order valence-electron chi connectivity index (χ2n) is 6.32. The van der Waals surface area contributed by atoms with Crippen LogP contribution in [0.25, 0.3) is 0 Å². The molecule has 1 fully saturated rings. The fourth-order valence-corrected chi connectivity index (χ4v) is 4.15. The SMILES string of the molecule is CS(=O)(=O)N(CCC(=O)NC1CCCCCC1)c1cccc(Cl)c1. The van der Waals surface area contributed by atoms with E-state index in [1.807, 2.05) is 0 Å². The van der Waals surface area contributed by atoms with Crippen molar-refractivity contribution in [2.45, 2.75) is 51.0 Å². The van der Waals surface area contributed by atoms with Crippen LogP contribution in [0.4, 0.5) is 5.69 Å². The van der Waals surface area contributed by atoms with Crippen LogP contribution < -0.4 is 9.62 Å². The lowest BCUT2D eigenvalue weighted by Gasteiger charge is -2.23. The summed E-state index contributed by atoms with van der Waals surface area (Å²) in [5, 5.41) is 3.50. The van der Waals surface area contributed by atoms with Crippen LogP contribution in [0.5, 0.6) is 0 Å². The Kier molecular flexibility index (Phi) is 6.92. The van der Waals surface area contributed by atoms with Crippen LogP contribution in [0, 0.1) is 0 Å². The molecule has 0 aromatic heterocycles. The summed E-state index contributed by atoms with van der Waals surface area (Å²) in [6.45, 7) is 0.109. The fourth-order valence-electron chi connectivity index (χ4n) is 3.04. The van der Waals surface area contributed by atoms with Crippen molar-refractivity contribution >= 4 is 33.2 Å². The molecule has 0 unspecified atom stereocenters. The van der Waals surface area contributed by atoms with Crippen LogP contribution in [0.15, 0.2) is 24.3 Å². The molecule has 1 N–H and O–H groups in total. The minimum absolute atomic E-state index is 0.0995. The summed E-state index contributed by atoms with van der Waals surface area (Å²) >= 11 is 5.95. The molecule has 5 nitrogen and oxygen atoms in total. The highest BCUT2D eigenvalue weighted by molar-refractivity contribution is 7.92. The van der Waals surface area contributed by atoms with E-state index in [-0.39, 0.29) is 24.9 Å². The van der Waals surface area contributed by atoms with Gasteiger partial charge in [0, 0.05) is 24.0 Å². The van der Waals surface area contributed by atoms with Gasteiger partial charge >= 0.3 is 0 Å². The van der Waals surface area contributed by atoms with Crippen molar-refractivity contribution in [2.24, 2.45) is 0 Å². The van der Waals surface area contributed by atoms with Crippen molar-refractivity contribution in [1.82, 2.24) is 5.32 Å². The topological polar surface area (TPSA) is 66.5 Å². The summed E-state index contributed by atoms with van der Waals surface area (Å²) in [6.07, 6.45) is 8.02. The molecule has 0 bridgehead atoms. The first kappa shape index (κ1) is 19.1. The van der Waals surface area contributed by atoms with E-state index in [0.29, 0.717) is 10.7 Å². The van der Waals surface area contributed by atoms with Crippen LogP contribution in [0.2, 0.25) is 5.02 Å². The zero-order chi connectivity index (χ0) is 17.6. The van der Waals surface area contributed by atoms with Crippen LogP contribution in [0.3, 0.4) is 0 Å². The van der Waals surface area contributed by atoms with Gasteiger partial charge in [0.05, 0.1) is 11.9 Å². The van der Waals surface area contributed by atoms with Crippen molar-refractivity contribution < 1.29 is 13.2 Å². The molecule has 1 amide bonds. The molecule has 0 atom stereocenters. The largest absolute Gasteiger partial charge is 0.353 e. The minimum Gasteiger partial charge on any atom is -0.353 e. The first-order valence-corrected chi connectivity index (χ1v) is 10.6. The highest BCUT2D eigenvalue weighted by atomic mass is 35.5. The third-order valence-electron chi connectivity index (χ3n) is 4.26. The molecule has 1 aromatic carbocycles. The number of benzene rings is 1. The number of hydrogen-bond donors (Lipinski definition) is 1. The molecule has 0 radical (unpaired) electrons. The van der Waals surface area contributed by atoms with Gasteiger partial charge in [-0.05, 0) is 31.0 Å². The molecule has 0 spiro atoms. The minimum atomic E-state index is -3.47. The molecule has 134 valence electrons. The standard InChI is InChI=1S/C17H25ClN2O3S/c1-24(22,23)20(16-10-6-7-14(18)13-16)12-11-17(21)19-15-8-4-2-3-5-9-15/h6-7,10,13,15H,2-5,8-9,11-12H2,1H3,(H,19,21). The van der Waals surface area contributed by atoms with E-state index in [4.69, 9.17) is 11.6 Å². The van der Waals surface area contributed by atoms with Gasteiger partial charge in [0.2, 0.25) is 15.9 Å². The van der Waals surface area contributed by atoms with E-state index in [2.05, 4.69) is 5.32 Å². The fraction of sp³-hybridized carbons (Fsp3) is 0.588. The first-order chi connectivity index (χ1) is 11.4. The third kappa shape index (κ3) is 5.98. The maximum absolute atomic E-state index is 12.2. The Morgan fingerprint density at radius 3 is 2.50 bits per heavy atom. The van der Waals surface area contributed by atoms with Crippen molar-refractivity contribution in [3.05, 3.63) is 29.3 Å². The second-order valence-corrected chi connectivity index (χ2v) is 8.66. The summed E-state index contributed by atoms with van der Waals surface area (Å²) in [6, 6.07) is 6.87. The summed E-state index contributed by atoms with van der Waals surface area (Å²) in [5.74, 6) is -0.0995. The van der Waals surface area contributed by atoms with E-state index in [0.717, 1.165) is 31.9 Å². The monoisotopic (exact) mass is 372 g/mol. The number of carbonyl (C=O) groups is 1. The Morgan fingerprint density at radius 1 is 1.25 bits per heavy atom. The number of carbonyl (C=O) groups excluding carboxylic acids is 1. The molecule has 7 heteroatoms. The number of hydrogen-bond acceptors (Lipinski definition) is 3. The van der Waals surface area contributed by atoms with E-state index in [1.54, 1.807) is 24.3 Å². The molecule has 1 aliphatic rings. The van der Waals surface area contributed by atoms with Gasteiger partial charge in [-0.2, -0.15) is 0 Å². The lowest BCUT2D eigenvalue weighted by molar-refractivity contribution is -0.121. The van der Waals surface area contributed by atoms with Gasteiger partial charge in [-0.1, -0.05) is 43.4 Å². The average Bonchev–Trinajstić information content (AvgIpc) is 2.75. The van der Waals surface area contributed by atoms with Crippen LogP contribution in [0.1, 0.15) is 44.9 Å². The predicted molar refractivity (Wildman–Crippen MR) is 97.9 cm³/mol. The predicted octanol–water partition coefficient (Wildman–Crippen LogP) is 3.34. The van der Waals surface area contributed by atoms with E-state index in [9.17, 15) is 13.2 Å². The lowest BCUT2D eigenvalue weighted by Crippen LogP contribution is -2.38. The van der Waals surface area contributed by atoms with E-state index in [1.165, 1.54) is 17.1 Å². The number of halogens is 1. The van der Waals surface area contributed by atoms with E-state index < -0.39 is 10.0 Å². The molecule has 0 aliphatic heterocycles. The van der Waals surface area contributed by atoms with E-state index >= 15 is 0 Å². The molecular weight excluding hydrogens is 348 g/mol. The Morgan fingerprint density at radius 2 is 1.92 bits per heavy atom. The molecule has 0 saturated heterocycles. The normalized spacial score (nSPS) is 16.4. The number of anilines is 1. The zero-order valence-electron chi connectivity index (χ0n) is 14.0. The summed E-state index contributed by atoms with van der Waals surface area (Å²) in [4.78, 5) is 12.2. The first-order valence-electron chi connectivity index (χ1n) is 8.39. The van der Waals surface area contributed by atoms with Gasteiger partial charge in [-0.25, -0.2) is 8.42 Å². The summed E-state index contributed by atoms with van der Waals surface area (Å²) in [5.41, 5.74) is 0.479. The molecule has 0 heterocycles. The van der Waals surface area contributed by atoms with Gasteiger partial charge < -0.3 is 5.32 Å². The number of nitrogens with zero attached hydrogens (tertiary/aromatic N) is 1. The highest BCUT2D eigenvalue weighted by Gasteiger charge is 2.20. The quantitative estimate of drug-likeness (QED) is 0.779. The lowest BCUT2D eigenvalue weighted by atomic mass is 10.1. The van der Waals surface area contributed by atoms with Gasteiger partial charge in [-0.15, -0.1) is 0 Å². The number of sulfonamides is 1. The highest BCUT2D eigenvalue weighted by Crippen LogP contribution is 2.22. The number of nitrogens with one attached hydrogen (secondary N) is 1. The number of amides is 1.